The Morgan fingerprint density at radius 1 is 1.23 bits per heavy atom. The number of ether oxygens (including phenoxy) is 3. The molecular weight excluding hydrogens is 411 g/mol. The first-order valence-electron chi connectivity index (χ1n) is 9.37. The first kappa shape index (κ1) is 23.6. The van der Waals surface area contributed by atoms with Crippen molar-refractivity contribution in [2.45, 2.75) is 26.5 Å². The van der Waals surface area contributed by atoms with Gasteiger partial charge in [-0.1, -0.05) is 12.1 Å². The molecule has 1 atom stereocenters. The number of hydrogen-bond acceptors (Lipinski definition) is 7. The molecule has 31 heavy (non-hydrogen) atoms. The van der Waals surface area contributed by atoms with E-state index in [0.717, 1.165) is 12.1 Å². The number of nitro benzene ring substituents is 1. The topological polar surface area (TPSA) is 108 Å². The van der Waals surface area contributed by atoms with Crippen molar-refractivity contribution in [1.82, 2.24) is 4.90 Å². The number of benzene rings is 2. The monoisotopic (exact) mass is 434 g/mol. The summed E-state index contributed by atoms with van der Waals surface area (Å²) in [4.78, 5) is 37.1. The van der Waals surface area contributed by atoms with Crippen LogP contribution in [0.15, 0.2) is 36.4 Å². The van der Waals surface area contributed by atoms with Crippen LogP contribution in [-0.2, 0) is 16.1 Å². The summed E-state index contributed by atoms with van der Waals surface area (Å²) in [5.41, 5.74) is -0.360. The molecule has 0 fully saturated rings. The number of methoxy groups -OCH3 is 1. The number of nitrogens with zero attached hydrogens (tertiary/aromatic N) is 2. The molecule has 10 heteroatoms. The summed E-state index contributed by atoms with van der Waals surface area (Å²) in [6, 6.07) is 7.95. The largest absolute Gasteiger partial charge is 0.493 e. The van der Waals surface area contributed by atoms with Crippen molar-refractivity contribution in [3.63, 3.8) is 0 Å². The quantitative estimate of drug-likeness (QED) is 0.338. The molecule has 2 aromatic rings. The molecule has 9 nitrogen and oxygen atoms in total. The first-order valence-corrected chi connectivity index (χ1v) is 9.37. The van der Waals surface area contributed by atoms with Crippen LogP contribution in [0, 0.1) is 15.9 Å². The summed E-state index contributed by atoms with van der Waals surface area (Å²) in [6.45, 7) is 3.38. The number of nitro groups is 1. The predicted molar refractivity (Wildman–Crippen MR) is 109 cm³/mol. The Balaban J connectivity index is 2.19. The van der Waals surface area contributed by atoms with E-state index >= 15 is 0 Å². The van der Waals surface area contributed by atoms with Crippen LogP contribution in [0.1, 0.15) is 29.8 Å². The lowest BCUT2D eigenvalue weighted by Gasteiger charge is -2.21. The maximum atomic E-state index is 13.3. The summed E-state index contributed by atoms with van der Waals surface area (Å²) >= 11 is 0. The molecule has 0 aliphatic rings. The van der Waals surface area contributed by atoms with Crippen LogP contribution >= 0.6 is 0 Å². The molecule has 2 rings (SSSR count). The molecule has 0 heterocycles. The number of likely N-dealkylation sites (N-methyl/N-ethyl adjacent to an activating group) is 1. The van der Waals surface area contributed by atoms with Crippen LogP contribution in [-0.4, -0.2) is 48.6 Å². The van der Waals surface area contributed by atoms with Crippen LogP contribution in [0.5, 0.6) is 11.5 Å². The molecule has 0 N–H and O–H groups in total. The minimum Gasteiger partial charge on any atom is -0.493 e. The molecule has 0 aromatic heterocycles. The zero-order valence-corrected chi connectivity index (χ0v) is 17.6. The Morgan fingerprint density at radius 2 is 1.94 bits per heavy atom. The Labute approximate surface area is 178 Å². The van der Waals surface area contributed by atoms with Gasteiger partial charge in [0.1, 0.15) is 11.4 Å². The van der Waals surface area contributed by atoms with Crippen LogP contribution in [0.2, 0.25) is 0 Å². The highest BCUT2D eigenvalue weighted by atomic mass is 19.1. The van der Waals surface area contributed by atoms with Gasteiger partial charge < -0.3 is 19.1 Å². The summed E-state index contributed by atoms with van der Waals surface area (Å²) in [6.07, 6.45) is -1.23. The molecule has 166 valence electrons. The molecular formula is C21H23FN2O7. The number of carbonyl (C=O) groups excluding carboxylic acids is 2. The van der Waals surface area contributed by atoms with E-state index in [2.05, 4.69) is 0 Å². The van der Waals surface area contributed by atoms with Crippen molar-refractivity contribution in [3.8, 4) is 11.5 Å². The van der Waals surface area contributed by atoms with Gasteiger partial charge in [-0.15, -0.1) is 0 Å². The maximum absolute atomic E-state index is 13.3. The molecule has 0 bridgehead atoms. The van der Waals surface area contributed by atoms with E-state index < -0.39 is 34.4 Å². The number of halogens is 1. The van der Waals surface area contributed by atoms with Crippen LogP contribution < -0.4 is 9.47 Å². The summed E-state index contributed by atoms with van der Waals surface area (Å²) < 4.78 is 28.9. The normalized spacial score (nSPS) is 11.4. The lowest BCUT2D eigenvalue weighted by molar-refractivity contribution is -0.385. The van der Waals surface area contributed by atoms with Gasteiger partial charge in [0, 0.05) is 19.7 Å². The Hall–Kier alpha value is -3.69. The lowest BCUT2D eigenvalue weighted by atomic mass is 10.1. The van der Waals surface area contributed by atoms with Gasteiger partial charge in [-0.25, -0.2) is 9.18 Å². The maximum Gasteiger partial charge on any atom is 0.346 e. The number of rotatable bonds is 9. The number of hydrogen-bond donors (Lipinski definition) is 0. The molecule has 0 radical (unpaired) electrons. The number of amides is 1. The fraction of sp³-hybridized carbons (Fsp3) is 0.333. The van der Waals surface area contributed by atoms with Gasteiger partial charge in [-0.05, 0) is 31.5 Å². The van der Waals surface area contributed by atoms with Gasteiger partial charge in [-0.3, -0.25) is 14.9 Å². The van der Waals surface area contributed by atoms with Crippen LogP contribution in [0.3, 0.4) is 0 Å². The standard InChI is InChI=1S/C21H23FN2O7/c1-5-30-19-10-16(17(24(27)28)11-18(19)29-4)21(26)31-13(2)20(25)23(3)12-14-7-6-8-15(22)9-14/h6-11,13H,5,12H2,1-4H3. The zero-order valence-electron chi connectivity index (χ0n) is 17.6. The van der Waals surface area contributed by atoms with E-state index in [-0.39, 0.29) is 30.2 Å². The third kappa shape index (κ3) is 5.91. The molecule has 0 spiro atoms. The van der Waals surface area contributed by atoms with Gasteiger partial charge >= 0.3 is 5.97 Å². The Bertz CT molecular complexity index is 980. The first-order chi connectivity index (χ1) is 14.7. The fourth-order valence-corrected chi connectivity index (χ4v) is 2.86. The number of esters is 1. The van der Waals surface area contributed by atoms with Gasteiger partial charge in [0.05, 0.1) is 24.7 Å². The van der Waals surface area contributed by atoms with Crippen molar-refractivity contribution < 1.29 is 33.1 Å². The average Bonchev–Trinajstić information content (AvgIpc) is 2.72. The molecule has 0 saturated carbocycles. The average molecular weight is 434 g/mol. The second-order valence-corrected chi connectivity index (χ2v) is 6.58. The van der Waals surface area contributed by atoms with E-state index in [1.165, 1.54) is 44.2 Å². The zero-order chi connectivity index (χ0) is 23.1. The van der Waals surface area contributed by atoms with Crippen molar-refractivity contribution in [2.75, 3.05) is 20.8 Å². The SMILES string of the molecule is CCOc1cc(C(=O)OC(C)C(=O)N(C)Cc2cccc(F)c2)c([N+](=O)[O-])cc1OC. The third-order valence-electron chi connectivity index (χ3n) is 4.31. The molecule has 0 aliphatic heterocycles. The third-order valence-corrected chi connectivity index (χ3v) is 4.31. The highest BCUT2D eigenvalue weighted by Crippen LogP contribution is 2.35. The van der Waals surface area contributed by atoms with E-state index in [0.29, 0.717) is 5.56 Å². The smallest absolute Gasteiger partial charge is 0.346 e. The van der Waals surface area contributed by atoms with E-state index in [9.17, 15) is 24.1 Å². The summed E-state index contributed by atoms with van der Waals surface area (Å²) in [5, 5.41) is 11.4. The van der Waals surface area contributed by atoms with E-state index in [1.54, 1.807) is 13.0 Å². The van der Waals surface area contributed by atoms with Gasteiger partial charge in [0.15, 0.2) is 17.6 Å². The minimum absolute atomic E-state index is 0.0871. The second-order valence-electron chi connectivity index (χ2n) is 6.58. The van der Waals surface area contributed by atoms with Gasteiger partial charge in [-0.2, -0.15) is 0 Å². The Morgan fingerprint density at radius 3 is 2.52 bits per heavy atom. The highest BCUT2D eigenvalue weighted by Gasteiger charge is 2.29. The van der Waals surface area contributed by atoms with Crippen molar-refractivity contribution in [3.05, 3.63) is 63.5 Å². The second kappa shape index (κ2) is 10.4. The molecule has 0 aliphatic carbocycles. The van der Waals surface area contributed by atoms with E-state index in [1.807, 2.05) is 0 Å². The van der Waals surface area contributed by atoms with Gasteiger partial charge in [0.2, 0.25) is 0 Å². The molecule has 0 saturated heterocycles. The molecule has 2 aromatic carbocycles. The summed E-state index contributed by atoms with van der Waals surface area (Å²) in [5.74, 6) is -1.84. The highest BCUT2D eigenvalue weighted by molar-refractivity contribution is 5.96. The van der Waals surface area contributed by atoms with Gasteiger partial charge in [0.25, 0.3) is 11.6 Å². The van der Waals surface area contributed by atoms with Crippen molar-refractivity contribution in [2.24, 2.45) is 0 Å². The molecule has 1 amide bonds. The fourth-order valence-electron chi connectivity index (χ4n) is 2.86. The van der Waals surface area contributed by atoms with Crippen molar-refractivity contribution >= 4 is 17.6 Å². The van der Waals surface area contributed by atoms with Crippen LogP contribution in [0.25, 0.3) is 0 Å². The van der Waals surface area contributed by atoms with Crippen LogP contribution in [0.4, 0.5) is 10.1 Å². The van der Waals surface area contributed by atoms with E-state index in [4.69, 9.17) is 14.2 Å². The molecule has 1 unspecified atom stereocenters. The summed E-state index contributed by atoms with van der Waals surface area (Å²) in [7, 11) is 2.79. The minimum atomic E-state index is -1.23. The number of carbonyl (C=O) groups is 2. The Kier molecular flexibility index (Phi) is 7.89. The lowest BCUT2D eigenvalue weighted by Crippen LogP contribution is -2.37. The van der Waals surface area contributed by atoms with Crippen molar-refractivity contribution in [1.29, 1.82) is 0 Å². The predicted octanol–water partition coefficient (Wildman–Crippen LogP) is 3.35.